The second kappa shape index (κ2) is 7.44. The van der Waals surface area contributed by atoms with Gasteiger partial charge in [-0.15, -0.1) is 0 Å². The Morgan fingerprint density at radius 3 is 2.33 bits per heavy atom. The Balaban J connectivity index is 2.70. The van der Waals surface area contributed by atoms with Gasteiger partial charge in [-0.25, -0.2) is 8.78 Å². The van der Waals surface area contributed by atoms with Gasteiger partial charge in [-0.3, -0.25) is 0 Å². The summed E-state index contributed by atoms with van der Waals surface area (Å²) < 4.78 is 32.6. The van der Waals surface area contributed by atoms with Gasteiger partial charge in [0.2, 0.25) is 0 Å². The lowest BCUT2D eigenvalue weighted by Gasteiger charge is -2.20. The van der Waals surface area contributed by atoms with Crippen molar-refractivity contribution in [1.82, 2.24) is 5.32 Å². The zero-order valence-electron chi connectivity index (χ0n) is 11.2. The zero-order valence-corrected chi connectivity index (χ0v) is 11.2. The quantitative estimate of drug-likeness (QED) is 0.811. The Morgan fingerprint density at radius 2 is 1.83 bits per heavy atom. The van der Waals surface area contributed by atoms with Crippen molar-refractivity contribution in [3.05, 3.63) is 35.4 Å². The minimum atomic E-state index is -0.498. The summed E-state index contributed by atoms with van der Waals surface area (Å²) in [6, 6.07) is 3.86. The second-order valence-electron chi connectivity index (χ2n) is 4.54. The molecule has 0 amide bonds. The van der Waals surface area contributed by atoms with Crippen LogP contribution in [-0.4, -0.2) is 25.3 Å². The van der Waals surface area contributed by atoms with Crippen molar-refractivity contribution in [2.24, 2.45) is 0 Å². The molecule has 0 aliphatic carbocycles. The van der Waals surface area contributed by atoms with E-state index in [1.807, 2.05) is 20.8 Å². The normalized spacial score (nSPS) is 13.0. The SMILES string of the molecule is CCNC(COC(C)C)Cc1c(F)cccc1F. The fourth-order valence-electron chi connectivity index (χ4n) is 1.76. The molecule has 0 spiro atoms. The zero-order chi connectivity index (χ0) is 13.5. The summed E-state index contributed by atoms with van der Waals surface area (Å²) in [6.07, 6.45) is 0.399. The molecule has 1 aromatic rings. The molecule has 0 aliphatic heterocycles. The summed E-state index contributed by atoms with van der Waals surface area (Å²) in [5.74, 6) is -0.995. The van der Waals surface area contributed by atoms with Gasteiger partial charge in [0.15, 0.2) is 0 Å². The first-order valence-corrected chi connectivity index (χ1v) is 6.32. The maximum Gasteiger partial charge on any atom is 0.129 e. The summed E-state index contributed by atoms with van der Waals surface area (Å²) >= 11 is 0. The van der Waals surface area contributed by atoms with Gasteiger partial charge in [0, 0.05) is 11.6 Å². The molecule has 18 heavy (non-hydrogen) atoms. The Labute approximate surface area is 107 Å². The average Bonchev–Trinajstić information content (AvgIpc) is 2.30. The minimum absolute atomic E-state index is 0.0798. The van der Waals surface area contributed by atoms with Gasteiger partial charge in [-0.2, -0.15) is 0 Å². The number of ether oxygens (including phenoxy) is 1. The number of nitrogens with one attached hydrogen (secondary N) is 1. The van der Waals surface area contributed by atoms with E-state index >= 15 is 0 Å². The molecular weight excluding hydrogens is 236 g/mol. The van der Waals surface area contributed by atoms with Crippen molar-refractivity contribution in [2.75, 3.05) is 13.2 Å². The molecule has 1 atom stereocenters. The molecule has 0 heterocycles. The van der Waals surface area contributed by atoms with Crippen molar-refractivity contribution >= 4 is 0 Å². The number of hydrogen-bond acceptors (Lipinski definition) is 2. The molecule has 0 saturated heterocycles. The summed E-state index contributed by atoms with van der Waals surface area (Å²) in [7, 11) is 0. The molecule has 4 heteroatoms. The third kappa shape index (κ3) is 4.70. The lowest BCUT2D eigenvalue weighted by atomic mass is 10.1. The second-order valence-corrected chi connectivity index (χ2v) is 4.54. The van der Waals surface area contributed by atoms with E-state index in [-0.39, 0.29) is 17.7 Å². The molecule has 0 saturated carbocycles. The highest BCUT2D eigenvalue weighted by Gasteiger charge is 2.15. The summed E-state index contributed by atoms with van der Waals surface area (Å²) in [4.78, 5) is 0. The van der Waals surface area contributed by atoms with E-state index in [0.717, 1.165) is 6.54 Å². The predicted molar refractivity (Wildman–Crippen MR) is 68.6 cm³/mol. The highest BCUT2D eigenvalue weighted by molar-refractivity contribution is 5.20. The van der Waals surface area contributed by atoms with E-state index in [4.69, 9.17) is 4.74 Å². The first-order chi connectivity index (χ1) is 8.54. The van der Waals surface area contributed by atoms with Gasteiger partial charge in [0.25, 0.3) is 0 Å². The number of hydrogen-bond donors (Lipinski definition) is 1. The predicted octanol–water partition coefficient (Wildman–Crippen LogP) is 2.91. The van der Waals surface area contributed by atoms with Crippen LogP contribution in [0.1, 0.15) is 26.3 Å². The van der Waals surface area contributed by atoms with Crippen LogP contribution in [0.3, 0.4) is 0 Å². The van der Waals surface area contributed by atoms with Crippen LogP contribution >= 0.6 is 0 Å². The first-order valence-electron chi connectivity index (χ1n) is 6.32. The fourth-order valence-corrected chi connectivity index (χ4v) is 1.76. The molecule has 1 aromatic carbocycles. The Kier molecular flexibility index (Phi) is 6.22. The number of halogens is 2. The smallest absolute Gasteiger partial charge is 0.129 e. The van der Waals surface area contributed by atoms with Crippen molar-refractivity contribution in [3.8, 4) is 0 Å². The highest BCUT2D eigenvalue weighted by Crippen LogP contribution is 2.14. The van der Waals surface area contributed by atoms with Crippen molar-refractivity contribution in [1.29, 1.82) is 0 Å². The lowest BCUT2D eigenvalue weighted by Crippen LogP contribution is -2.36. The summed E-state index contributed by atoms with van der Waals surface area (Å²) in [5, 5.41) is 3.18. The van der Waals surface area contributed by atoms with Crippen LogP contribution in [0.4, 0.5) is 8.78 Å². The van der Waals surface area contributed by atoms with Gasteiger partial charge in [-0.05, 0) is 38.9 Å². The number of rotatable bonds is 7. The molecule has 0 aliphatic rings. The third-order valence-corrected chi connectivity index (χ3v) is 2.64. The van der Waals surface area contributed by atoms with Gasteiger partial charge >= 0.3 is 0 Å². The van der Waals surface area contributed by atoms with Gasteiger partial charge < -0.3 is 10.1 Å². The topological polar surface area (TPSA) is 21.3 Å². The van der Waals surface area contributed by atoms with E-state index < -0.39 is 11.6 Å². The number of benzene rings is 1. The van der Waals surface area contributed by atoms with E-state index in [9.17, 15) is 8.78 Å². The maximum absolute atomic E-state index is 13.5. The van der Waals surface area contributed by atoms with Crippen LogP contribution in [-0.2, 0) is 11.2 Å². The Bertz CT molecular complexity index is 349. The lowest BCUT2D eigenvalue weighted by molar-refractivity contribution is 0.0613. The monoisotopic (exact) mass is 257 g/mol. The molecule has 0 radical (unpaired) electrons. The molecule has 102 valence electrons. The van der Waals surface area contributed by atoms with Crippen molar-refractivity contribution in [2.45, 2.75) is 39.3 Å². The molecule has 1 unspecified atom stereocenters. The van der Waals surface area contributed by atoms with Crippen molar-refractivity contribution in [3.63, 3.8) is 0 Å². The van der Waals surface area contributed by atoms with E-state index in [1.165, 1.54) is 18.2 Å². The van der Waals surface area contributed by atoms with E-state index in [0.29, 0.717) is 13.0 Å². The molecule has 0 bridgehead atoms. The maximum atomic E-state index is 13.5. The first kappa shape index (κ1) is 15.1. The van der Waals surface area contributed by atoms with E-state index in [1.54, 1.807) is 0 Å². The standard InChI is InChI=1S/C14H21F2NO/c1-4-17-11(9-18-10(2)3)8-12-13(15)6-5-7-14(12)16/h5-7,10-11,17H,4,8-9H2,1-3H3. The molecule has 1 N–H and O–H groups in total. The molecule has 0 aromatic heterocycles. The Morgan fingerprint density at radius 1 is 1.22 bits per heavy atom. The van der Waals surface area contributed by atoms with E-state index in [2.05, 4.69) is 5.32 Å². The Hall–Kier alpha value is -1.00. The molecule has 0 fully saturated rings. The van der Waals surface area contributed by atoms with Crippen LogP contribution in [0.15, 0.2) is 18.2 Å². The minimum Gasteiger partial charge on any atom is -0.377 e. The van der Waals surface area contributed by atoms with Crippen LogP contribution < -0.4 is 5.32 Å². The molecule has 2 nitrogen and oxygen atoms in total. The summed E-state index contributed by atoms with van der Waals surface area (Å²) in [5.41, 5.74) is 0.121. The summed E-state index contributed by atoms with van der Waals surface area (Å²) in [6.45, 7) is 7.01. The molecule has 1 rings (SSSR count). The van der Waals surface area contributed by atoms with Gasteiger partial charge in [0.1, 0.15) is 11.6 Å². The molecular formula is C14H21F2NO. The third-order valence-electron chi connectivity index (χ3n) is 2.64. The van der Waals surface area contributed by atoms with Gasteiger partial charge in [0.05, 0.1) is 12.7 Å². The van der Waals surface area contributed by atoms with Gasteiger partial charge in [-0.1, -0.05) is 13.0 Å². The van der Waals surface area contributed by atoms with Crippen LogP contribution in [0.2, 0.25) is 0 Å². The fraction of sp³-hybridized carbons (Fsp3) is 0.571. The van der Waals surface area contributed by atoms with Crippen LogP contribution in [0.5, 0.6) is 0 Å². The van der Waals surface area contributed by atoms with Crippen molar-refractivity contribution < 1.29 is 13.5 Å². The van der Waals surface area contributed by atoms with Crippen LogP contribution in [0, 0.1) is 11.6 Å². The number of likely N-dealkylation sites (N-methyl/N-ethyl adjacent to an activating group) is 1. The largest absolute Gasteiger partial charge is 0.377 e. The average molecular weight is 257 g/mol. The van der Waals surface area contributed by atoms with Crippen LogP contribution in [0.25, 0.3) is 0 Å². The highest BCUT2D eigenvalue weighted by atomic mass is 19.1.